The molecular weight excluding hydrogens is 240 g/mol. The number of carbonyl (C=O) groups is 1. The number of amides is 1. The molecule has 0 aliphatic carbocycles. The maximum absolute atomic E-state index is 12.3. The van der Waals surface area contributed by atoms with E-state index in [1.807, 2.05) is 55.8 Å². The molecule has 1 aromatic heterocycles. The van der Waals surface area contributed by atoms with E-state index in [1.165, 1.54) is 0 Å². The Kier molecular flexibility index (Phi) is 3.60. The number of ether oxygens (including phenoxy) is 1. The molecule has 0 atom stereocenters. The molecule has 0 bridgehead atoms. The van der Waals surface area contributed by atoms with Gasteiger partial charge in [0, 0.05) is 18.4 Å². The predicted octanol–water partition coefficient (Wildman–Crippen LogP) is 2.90. The highest BCUT2D eigenvalue weighted by Gasteiger charge is 2.15. The molecule has 0 fully saturated rings. The molecule has 0 saturated carbocycles. The number of para-hydroxylation sites is 2. The second-order valence-corrected chi connectivity index (χ2v) is 4.50. The van der Waals surface area contributed by atoms with E-state index in [2.05, 4.69) is 5.32 Å². The van der Waals surface area contributed by atoms with E-state index in [0.29, 0.717) is 17.0 Å². The maximum Gasteiger partial charge on any atom is 0.257 e. The topological polar surface area (TPSA) is 43.3 Å². The van der Waals surface area contributed by atoms with Gasteiger partial charge in [0.15, 0.2) is 0 Å². The summed E-state index contributed by atoms with van der Waals surface area (Å²) in [6, 6.07) is 9.26. The van der Waals surface area contributed by atoms with Gasteiger partial charge in [0.05, 0.1) is 18.4 Å². The van der Waals surface area contributed by atoms with Crippen LogP contribution in [0.5, 0.6) is 5.75 Å². The van der Waals surface area contributed by atoms with Crippen molar-refractivity contribution in [1.82, 2.24) is 4.57 Å². The van der Waals surface area contributed by atoms with Gasteiger partial charge < -0.3 is 14.6 Å². The third-order valence-electron chi connectivity index (χ3n) is 3.37. The Labute approximate surface area is 113 Å². The van der Waals surface area contributed by atoms with Crippen molar-refractivity contribution < 1.29 is 9.53 Å². The van der Waals surface area contributed by atoms with Crippen LogP contribution in [0.4, 0.5) is 5.69 Å². The summed E-state index contributed by atoms with van der Waals surface area (Å²) in [5.41, 5.74) is 3.37. The molecule has 0 aliphatic rings. The molecule has 4 heteroatoms. The number of carbonyl (C=O) groups excluding carboxylic acids is 1. The van der Waals surface area contributed by atoms with Crippen molar-refractivity contribution in [3.63, 3.8) is 0 Å². The van der Waals surface area contributed by atoms with Gasteiger partial charge in [-0.15, -0.1) is 0 Å². The van der Waals surface area contributed by atoms with Crippen LogP contribution < -0.4 is 10.1 Å². The van der Waals surface area contributed by atoms with Gasteiger partial charge in [0.2, 0.25) is 0 Å². The molecule has 1 aromatic carbocycles. The molecular formula is C15H18N2O2. The molecule has 2 rings (SSSR count). The Morgan fingerprint density at radius 1 is 1.26 bits per heavy atom. The molecule has 0 saturated heterocycles. The van der Waals surface area contributed by atoms with Crippen LogP contribution in [0.15, 0.2) is 30.3 Å². The van der Waals surface area contributed by atoms with E-state index in [4.69, 9.17) is 4.74 Å². The van der Waals surface area contributed by atoms with Crippen molar-refractivity contribution in [2.45, 2.75) is 13.8 Å². The number of aryl methyl sites for hydroxylation is 1. The van der Waals surface area contributed by atoms with Crippen LogP contribution in [0.25, 0.3) is 0 Å². The predicted molar refractivity (Wildman–Crippen MR) is 75.8 cm³/mol. The zero-order valence-electron chi connectivity index (χ0n) is 11.7. The zero-order valence-corrected chi connectivity index (χ0v) is 11.7. The lowest BCUT2D eigenvalue weighted by atomic mass is 10.2. The number of nitrogens with one attached hydrogen (secondary N) is 1. The van der Waals surface area contributed by atoms with Gasteiger partial charge in [-0.25, -0.2) is 0 Å². The van der Waals surface area contributed by atoms with Crippen molar-refractivity contribution in [3.8, 4) is 5.75 Å². The van der Waals surface area contributed by atoms with Gasteiger partial charge in [-0.1, -0.05) is 12.1 Å². The highest BCUT2D eigenvalue weighted by Crippen LogP contribution is 2.24. The molecule has 0 unspecified atom stereocenters. The number of anilines is 1. The number of hydrogen-bond donors (Lipinski definition) is 1. The van der Waals surface area contributed by atoms with Crippen molar-refractivity contribution in [2.75, 3.05) is 12.4 Å². The van der Waals surface area contributed by atoms with Crippen molar-refractivity contribution in [2.24, 2.45) is 7.05 Å². The molecule has 100 valence electrons. The fraction of sp³-hybridized carbons (Fsp3) is 0.267. The summed E-state index contributed by atoms with van der Waals surface area (Å²) in [7, 11) is 3.54. The summed E-state index contributed by atoms with van der Waals surface area (Å²) in [6.45, 7) is 3.91. The molecule has 0 radical (unpaired) electrons. The third kappa shape index (κ3) is 2.47. The SMILES string of the molecule is COc1ccccc1NC(=O)c1cc(C)n(C)c1C. The Morgan fingerprint density at radius 2 is 1.95 bits per heavy atom. The average Bonchev–Trinajstić information content (AvgIpc) is 2.67. The lowest BCUT2D eigenvalue weighted by Gasteiger charge is -2.09. The number of nitrogens with zero attached hydrogens (tertiary/aromatic N) is 1. The van der Waals surface area contributed by atoms with Gasteiger partial charge in [-0.2, -0.15) is 0 Å². The van der Waals surface area contributed by atoms with E-state index in [1.54, 1.807) is 7.11 Å². The van der Waals surface area contributed by atoms with Crippen molar-refractivity contribution >= 4 is 11.6 Å². The van der Waals surface area contributed by atoms with E-state index in [9.17, 15) is 4.79 Å². The first kappa shape index (κ1) is 13.2. The minimum absolute atomic E-state index is 0.120. The molecule has 2 aromatic rings. The van der Waals surface area contributed by atoms with Crippen molar-refractivity contribution in [3.05, 3.63) is 47.3 Å². The molecule has 4 nitrogen and oxygen atoms in total. The lowest BCUT2D eigenvalue weighted by Crippen LogP contribution is -2.13. The largest absolute Gasteiger partial charge is 0.495 e. The van der Waals surface area contributed by atoms with Crippen LogP contribution in [0.3, 0.4) is 0 Å². The van der Waals surface area contributed by atoms with E-state index in [-0.39, 0.29) is 5.91 Å². The second-order valence-electron chi connectivity index (χ2n) is 4.50. The summed E-state index contributed by atoms with van der Waals surface area (Å²) >= 11 is 0. The summed E-state index contributed by atoms with van der Waals surface area (Å²) < 4.78 is 7.22. The third-order valence-corrected chi connectivity index (χ3v) is 3.37. The molecule has 19 heavy (non-hydrogen) atoms. The smallest absolute Gasteiger partial charge is 0.257 e. The lowest BCUT2D eigenvalue weighted by molar-refractivity contribution is 0.102. The first-order chi connectivity index (χ1) is 9.04. The highest BCUT2D eigenvalue weighted by molar-refractivity contribution is 6.06. The standard InChI is InChI=1S/C15H18N2O2/c1-10-9-12(11(2)17(10)3)15(18)16-13-7-5-6-8-14(13)19-4/h5-9H,1-4H3,(H,16,18). The zero-order chi connectivity index (χ0) is 14.0. The maximum atomic E-state index is 12.3. The Hall–Kier alpha value is -2.23. The van der Waals surface area contributed by atoms with Gasteiger partial charge >= 0.3 is 0 Å². The minimum atomic E-state index is -0.120. The van der Waals surface area contributed by atoms with Crippen LogP contribution in [0.2, 0.25) is 0 Å². The van der Waals surface area contributed by atoms with Crippen LogP contribution >= 0.6 is 0 Å². The summed E-state index contributed by atoms with van der Waals surface area (Å²) in [6.07, 6.45) is 0. The number of methoxy groups -OCH3 is 1. The fourth-order valence-corrected chi connectivity index (χ4v) is 2.02. The van der Waals surface area contributed by atoms with Crippen molar-refractivity contribution in [1.29, 1.82) is 0 Å². The van der Waals surface area contributed by atoms with Gasteiger partial charge in [-0.05, 0) is 32.0 Å². The Bertz CT molecular complexity index is 615. The molecule has 1 amide bonds. The minimum Gasteiger partial charge on any atom is -0.495 e. The number of benzene rings is 1. The van der Waals surface area contributed by atoms with Crippen LogP contribution in [0.1, 0.15) is 21.7 Å². The second kappa shape index (κ2) is 5.18. The molecule has 0 aliphatic heterocycles. The Morgan fingerprint density at radius 3 is 2.53 bits per heavy atom. The normalized spacial score (nSPS) is 10.3. The van der Waals surface area contributed by atoms with Gasteiger partial charge in [-0.3, -0.25) is 4.79 Å². The monoisotopic (exact) mass is 258 g/mol. The highest BCUT2D eigenvalue weighted by atomic mass is 16.5. The average molecular weight is 258 g/mol. The van der Waals surface area contributed by atoms with E-state index in [0.717, 1.165) is 11.4 Å². The van der Waals surface area contributed by atoms with Gasteiger partial charge in [0.1, 0.15) is 5.75 Å². The van der Waals surface area contributed by atoms with Crippen LogP contribution in [-0.4, -0.2) is 17.6 Å². The van der Waals surface area contributed by atoms with Crippen LogP contribution in [-0.2, 0) is 7.05 Å². The molecule has 0 spiro atoms. The first-order valence-electron chi connectivity index (χ1n) is 6.12. The first-order valence-corrected chi connectivity index (χ1v) is 6.12. The number of hydrogen-bond acceptors (Lipinski definition) is 2. The Balaban J connectivity index is 2.28. The summed E-state index contributed by atoms with van der Waals surface area (Å²) in [4.78, 5) is 12.3. The quantitative estimate of drug-likeness (QED) is 0.920. The summed E-state index contributed by atoms with van der Waals surface area (Å²) in [5, 5.41) is 2.88. The van der Waals surface area contributed by atoms with E-state index >= 15 is 0 Å². The molecule has 1 heterocycles. The fourth-order valence-electron chi connectivity index (χ4n) is 2.02. The van der Waals surface area contributed by atoms with Gasteiger partial charge in [0.25, 0.3) is 5.91 Å². The number of rotatable bonds is 3. The summed E-state index contributed by atoms with van der Waals surface area (Å²) in [5.74, 6) is 0.534. The van der Waals surface area contributed by atoms with E-state index < -0.39 is 0 Å². The molecule has 1 N–H and O–H groups in total. The van der Waals surface area contributed by atoms with Crippen LogP contribution in [0, 0.1) is 13.8 Å². The number of aromatic nitrogens is 1.